The minimum atomic E-state index is -0.385. The fourth-order valence-corrected chi connectivity index (χ4v) is 2.05. The lowest BCUT2D eigenvalue weighted by molar-refractivity contribution is 0.173. The molecular formula is C13H21N3O. The summed E-state index contributed by atoms with van der Waals surface area (Å²) in [4.78, 5) is 9.06. The molecule has 1 aliphatic heterocycles. The van der Waals surface area contributed by atoms with Gasteiger partial charge in [0.1, 0.15) is 5.82 Å². The molecule has 2 heterocycles. The number of aliphatic hydroxyl groups is 1. The Balaban J connectivity index is 2.02. The van der Waals surface area contributed by atoms with E-state index in [4.69, 9.17) is 0 Å². The van der Waals surface area contributed by atoms with Crippen LogP contribution in [0.5, 0.6) is 0 Å². The van der Waals surface area contributed by atoms with Crippen LogP contribution >= 0.6 is 0 Å². The van der Waals surface area contributed by atoms with Gasteiger partial charge in [-0.2, -0.15) is 0 Å². The van der Waals surface area contributed by atoms with Crippen LogP contribution in [0.4, 0.5) is 5.82 Å². The van der Waals surface area contributed by atoms with Gasteiger partial charge in [0, 0.05) is 32.4 Å². The summed E-state index contributed by atoms with van der Waals surface area (Å²) in [6, 6.07) is 3.99. The van der Waals surface area contributed by atoms with E-state index in [1.54, 1.807) is 6.20 Å². The van der Waals surface area contributed by atoms with Crippen LogP contribution in [-0.4, -0.2) is 48.2 Å². The summed E-state index contributed by atoms with van der Waals surface area (Å²) in [5, 5.41) is 9.70. The number of likely N-dealkylation sites (N-methyl/N-ethyl adjacent to an activating group) is 1. The van der Waals surface area contributed by atoms with Gasteiger partial charge in [-0.3, -0.25) is 0 Å². The van der Waals surface area contributed by atoms with Crippen LogP contribution in [0, 0.1) is 0 Å². The van der Waals surface area contributed by atoms with E-state index in [1.165, 1.54) is 0 Å². The largest absolute Gasteiger partial charge is 0.388 e. The normalized spacial score (nSPS) is 19.4. The molecule has 17 heavy (non-hydrogen) atoms. The Morgan fingerprint density at radius 1 is 1.29 bits per heavy atom. The quantitative estimate of drug-likeness (QED) is 0.856. The van der Waals surface area contributed by atoms with Crippen molar-refractivity contribution in [3.63, 3.8) is 0 Å². The monoisotopic (exact) mass is 235 g/mol. The molecule has 0 unspecified atom stereocenters. The van der Waals surface area contributed by atoms with Gasteiger partial charge in [-0.05, 0) is 25.1 Å². The van der Waals surface area contributed by atoms with E-state index in [2.05, 4.69) is 21.8 Å². The molecular weight excluding hydrogens is 214 g/mol. The molecule has 1 aromatic heterocycles. The van der Waals surface area contributed by atoms with Crippen molar-refractivity contribution in [1.29, 1.82) is 0 Å². The summed E-state index contributed by atoms with van der Waals surface area (Å²) in [7, 11) is 2.14. The second kappa shape index (κ2) is 5.47. The van der Waals surface area contributed by atoms with Crippen LogP contribution in [0.3, 0.4) is 0 Å². The summed E-state index contributed by atoms with van der Waals surface area (Å²) in [6.07, 6.45) is 2.14. The number of anilines is 1. The molecule has 0 saturated carbocycles. The van der Waals surface area contributed by atoms with Crippen LogP contribution in [0.15, 0.2) is 18.3 Å². The van der Waals surface area contributed by atoms with Crippen molar-refractivity contribution in [2.75, 3.05) is 38.1 Å². The van der Waals surface area contributed by atoms with Crippen molar-refractivity contribution in [3.8, 4) is 0 Å². The molecule has 4 nitrogen and oxygen atoms in total. The Morgan fingerprint density at radius 3 is 2.53 bits per heavy atom. The average Bonchev–Trinajstić information content (AvgIpc) is 2.39. The van der Waals surface area contributed by atoms with Crippen LogP contribution < -0.4 is 4.90 Å². The van der Waals surface area contributed by atoms with E-state index in [1.807, 2.05) is 19.1 Å². The van der Waals surface area contributed by atoms with Gasteiger partial charge in [-0.25, -0.2) is 4.98 Å². The van der Waals surface area contributed by atoms with Gasteiger partial charge in [-0.15, -0.1) is 0 Å². The maximum atomic E-state index is 9.70. The van der Waals surface area contributed by atoms with E-state index >= 15 is 0 Å². The molecule has 4 heteroatoms. The first kappa shape index (κ1) is 12.3. The van der Waals surface area contributed by atoms with E-state index in [0.717, 1.165) is 44.0 Å². The minimum absolute atomic E-state index is 0.385. The number of pyridine rings is 1. The predicted octanol–water partition coefficient (Wildman–Crippen LogP) is 1.28. The molecule has 0 amide bonds. The SMILES string of the molecule is CC[C@@H](O)c1ccc(N2CCN(C)CC2)nc1. The molecule has 1 aromatic rings. The Bertz CT molecular complexity index is 344. The highest BCUT2D eigenvalue weighted by Gasteiger charge is 2.15. The maximum absolute atomic E-state index is 9.70. The lowest BCUT2D eigenvalue weighted by Crippen LogP contribution is -2.44. The van der Waals surface area contributed by atoms with Gasteiger partial charge >= 0.3 is 0 Å². The molecule has 0 bridgehead atoms. The third-order valence-corrected chi connectivity index (χ3v) is 3.37. The Kier molecular flexibility index (Phi) is 3.97. The predicted molar refractivity (Wildman–Crippen MR) is 69.2 cm³/mol. The first-order valence-corrected chi connectivity index (χ1v) is 6.28. The van der Waals surface area contributed by atoms with Gasteiger partial charge in [-0.1, -0.05) is 13.0 Å². The van der Waals surface area contributed by atoms with Crippen molar-refractivity contribution in [1.82, 2.24) is 9.88 Å². The summed E-state index contributed by atoms with van der Waals surface area (Å²) in [5.41, 5.74) is 0.908. The smallest absolute Gasteiger partial charge is 0.128 e. The molecule has 94 valence electrons. The highest BCUT2D eigenvalue weighted by Crippen LogP contribution is 2.19. The molecule has 0 aromatic carbocycles. The van der Waals surface area contributed by atoms with Crippen LogP contribution in [-0.2, 0) is 0 Å². The Labute approximate surface area is 103 Å². The summed E-state index contributed by atoms with van der Waals surface area (Å²) < 4.78 is 0. The fraction of sp³-hybridized carbons (Fsp3) is 0.615. The van der Waals surface area contributed by atoms with Crippen molar-refractivity contribution >= 4 is 5.82 Å². The molecule has 0 radical (unpaired) electrons. The van der Waals surface area contributed by atoms with Crippen molar-refractivity contribution < 1.29 is 5.11 Å². The van der Waals surface area contributed by atoms with E-state index in [-0.39, 0.29) is 6.10 Å². The number of hydrogen-bond donors (Lipinski definition) is 1. The molecule has 2 rings (SSSR count). The van der Waals surface area contributed by atoms with Crippen LogP contribution in [0.1, 0.15) is 25.0 Å². The maximum Gasteiger partial charge on any atom is 0.128 e. The van der Waals surface area contributed by atoms with Crippen molar-refractivity contribution in [2.45, 2.75) is 19.4 Å². The highest BCUT2D eigenvalue weighted by atomic mass is 16.3. The summed E-state index contributed by atoms with van der Waals surface area (Å²) >= 11 is 0. The first-order valence-electron chi connectivity index (χ1n) is 6.28. The third-order valence-electron chi connectivity index (χ3n) is 3.37. The number of aliphatic hydroxyl groups excluding tert-OH is 1. The number of hydrogen-bond acceptors (Lipinski definition) is 4. The van der Waals surface area contributed by atoms with Crippen LogP contribution in [0.25, 0.3) is 0 Å². The zero-order chi connectivity index (χ0) is 12.3. The molecule has 1 aliphatic rings. The lowest BCUT2D eigenvalue weighted by Gasteiger charge is -2.33. The lowest BCUT2D eigenvalue weighted by atomic mass is 10.1. The molecule has 0 spiro atoms. The zero-order valence-corrected chi connectivity index (χ0v) is 10.6. The third kappa shape index (κ3) is 2.96. The van der Waals surface area contributed by atoms with Gasteiger partial charge in [0.2, 0.25) is 0 Å². The zero-order valence-electron chi connectivity index (χ0n) is 10.6. The minimum Gasteiger partial charge on any atom is -0.388 e. The van der Waals surface area contributed by atoms with Gasteiger partial charge < -0.3 is 14.9 Å². The molecule has 1 atom stereocenters. The Hall–Kier alpha value is -1.13. The standard InChI is InChI=1S/C13H21N3O/c1-3-12(17)11-4-5-13(14-10-11)16-8-6-15(2)7-9-16/h4-5,10,12,17H,3,6-9H2,1-2H3/t12-/m1/s1. The molecule has 1 saturated heterocycles. The number of rotatable bonds is 3. The first-order chi connectivity index (χ1) is 8.20. The van der Waals surface area contributed by atoms with Gasteiger partial charge in [0.05, 0.1) is 6.10 Å². The van der Waals surface area contributed by atoms with Gasteiger partial charge in [0.25, 0.3) is 0 Å². The second-order valence-electron chi connectivity index (χ2n) is 4.66. The molecule has 0 aliphatic carbocycles. The Morgan fingerprint density at radius 2 is 2.00 bits per heavy atom. The second-order valence-corrected chi connectivity index (χ2v) is 4.66. The number of nitrogens with zero attached hydrogens (tertiary/aromatic N) is 3. The fourth-order valence-electron chi connectivity index (χ4n) is 2.05. The summed E-state index contributed by atoms with van der Waals surface area (Å²) in [5.74, 6) is 1.02. The van der Waals surface area contributed by atoms with E-state index < -0.39 is 0 Å². The summed E-state index contributed by atoms with van der Waals surface area (Å²) in [6.45, 7) is 6.19. The van der Waals surface area contributed by atoms with E-state index in [0.29, 0.717) is 0 Å². The van der Waals surface area contributed by atoms with Crippen molar-refractivity contribution in [3.05, 3.63) is 23.9 Å². The molecule has 1 N–H and O–H groups in total. The molecule has 1 fully saturated rings. The van der Waals surface area contributed by atoms with E-state index in [9.17, 15) is 5.11 Å². The highest BCUT2D eigenvalue weighted by molar-refractivity contribution is 5.40. The van der Waals surface area contributed by atoms with Crippen LogP contribution in [0.2, 0.25) is 0 Å². The number of piperazine rings is 1. The topological polar surface area (TPSA) is 39.6 Å². The van der Waals surface area contributed by atoms with Gasteiger partial charge in [0.15, 0.2) is 0 Å². The van der Waals surface area contributed by atoms with Crippen molar-refractivity contribution in [2.24, 2.45) is 0 Å². The number of aromatic nitrogens is 1. The average molecular weight is 235 g/mol.